The highest BCUT2D eigenvalue weighted by Crippen LogP contribution is 2.31. The van der Waals surface area contributed by atoms with E-state index in [0.717, 1.165) is 12.5 Å². The van der Waals surface area contributed by atoms with Crippen LogP contribution in [0.3, 0.4) is 0 Å². The van der Waals surface area contributed by atoms with Crippen LogP contribution in [0.5, 0.6) is 0 Å². The number of halogens is 2. The highest BCUT2D eigenvalue weighted by Gasteiger charge is 2.50. The topological polar surface area (TPSA) is 38.3 Å². The van der Waals surface area contributed by atoms with E-state index in [1.54, 1.807) is 0 Å². The molecule has 1 aliphatic carbocycles. The fraction of sp³-hybridized carbons (Fsp3) is 0.923. The molecule has 0 aromatic rings. The van der Waals surface area contributed by atoms with Gasteiger partial charge in [-0.1, -0.05) is 19.8 Å². The van der Waals surface area contributed by atoms with Crippen LogP contribution in [0.2, 0.25) is 0 Å². The Morgan fingerprint density at radius 1 is 1.28 bits per heavy atom. The van der Waals surface area contributed by atoms with Crippen molar-refractivity contribution in [3.05, 3.63) is 0 Å². The molecule has 2 fully saturated rings. The van der Waals surface area contributed by atoms with E-state index in [1.807, 2.05) is 0 Å². The predicted octanol–water partition coefficient (Wildman–Crippen LogP) is 2.35. The molecule has 1 unspecified atom stereocenters. The molecule has 1 N–H and O–H groups in total. The Hall–Kier alpha value is -0.710. The molecule has 0 radical (unpaired) electrons. The number of hydrogen-bond donors (Lipinski definition) is 1. The maximum Gasteiger partial charge on any atom is 0.377 e. The van der Waals surface area contributed by atoms with Gasteiger partial charge in [-0.3, -0.25) is 0 Å². The third kappa shape index (κ3) is 3.40. The number of rotatable bonds is 4. The van der Waals surface area contributed by atoms with Crippen molar-refractivity contribution in [2.45, 2.75) is 51.1 Å². The smallest absolute Gasteiger partial charge is 0.377 e. The van der Waals surface area contributed by atoms with E-state index in [9.17, 15) is 13.6 Å². The molecule has 0 spiro atoms. The molecule has 0 aromatic carbocycles. The summed E-state index contributed by atoms with van der Waals surface area (Å²) < 4.78 is 30.5. The second kappa shape index (κ2) is 5.51. The summed E-state index contributed by atoms with van der Waals surface area (Å²) >= 11 is 0. The molecule has 2 aliphatic rings. The van der Waals surface area contributed by atoms with Gasteiger partial charge < -0.3 is 10.1 Å². The van der Waals surface area contributed by atoms with E-state index in [1.165, 1.54) is 25.7 Å². The molecule has 18 heavy (non-hydrogen) atoms. The van der Waals surface area contributed by atoms with E-state index in [4.69, 9.17) is 0 Å². The Morgan fingerprint density at radius 3 is 2.50 bits per heavy atom. The summed E-state index contributed by atoms with van der Waals surface area (Å²) in [4.78, 5) is 10.8. The number of carbonyl (C=O) groups excluding carboxylic acids is 1. The first kappa shape index (κ1) is 13.7. The Bertz CT molecular complexity index is 301. The van der Waals surface area contributed by atoms with Crippen LogP contribution in [-0.2, 0) is 9.53 Å². The Morgan fingerprint density at radius 2 is 1.94 bits per heavy atom. The fourth-order valence-corrected chi connectivity index (χ4v) is 2.74. The van der Waals surface area contributed by atoms with Crippen LogP contribution in [0.1, 0.15) is 39.0 Å². The van der Waals surface area contributed by atoms with Crippen LogP contribution in [0, 0.1) is 11.8 Å². The average molecular weight is 261 g/mol. The van der Waals surface area contributed by atoms with E-state index < -0.39 is 24.4 Å². The Kier molecular flexibility index (Phi) is 4.20. The standard InChI is InChI=1S/C13H21F2NO2/c1-9-2-4-10(5-3-9)7-16-8-11-6-13(14,15)12(17)18-11/h9-11,16H,2-8H2,1H3. The fourth-order valence-electron chi connectivity index (χ4n) is 2.74. The molecule has 0 aromatic heterocycles. The summed E-state index contributed by atoms with van der Waals surface area (Å²) in [6.07, 6.45) is 3.76. The van der Waals surface area contributed by atoms with Gasteiger partial charge in [-0.15, -0.1) is 0 Å². The van der Waals surface area contributed by atoms with Gasteiger partial charge in [0, 0.05) is 6.54 Å². The average Bonchev–Trinajstić information content (AvgIpc) is 2.56. The second-order valence-electron chi connectivity index (χ2n) is 5.72. The van der Waals surface area contributed by atoms with Crippen LogP contribution in [0.25, 0.3) is 0 Å². The molecular weight excluding hydrogens is 240 g/mol. The third-order valence-electron chi connectivity index (χ3n) is 4.00. The molecule has 104 valence electrons. The van der Waals surface area contributed by atoms with Crippen LogP contribution < -0.4 is 5.32 Å². The molecular formula is C13H21F2NO2. The highest BCUT2D eigenvalue weighted by molar-refractivity contribution is 5.79. The van der Waals surface area contributed by atoms with Gasteiger partial charge in [0.05, 0.1) is 6.42 Å². The molecule has 2 rings (SSSR count). The maximum atomic E-state index is 12.9. The number of nitrogens with one attached hydrogen (secondary N) is 1. The lowest BCUT2D eigenvalue weighted by Gasteiger charge is -2.26. The zero-order valence-corrected chi connectivity index (χ0v) is 10.8. The molecule has 3 nitrogen and oxygen atoms in total. The van der Waals surface area contributed by atoms with Crippen molar-refractivity contribution in [2.75, 3.05) is 13.1 Å². The highest BCUT2D eigenvalue weighted by atomic mass is 19.3. The number of esters is 1. The normalized spacial score (nSPS) is 35.5. The molecule has 1 heterocycles. The predicted molar refractivity (Wildman–Crippen MR) is 63.4 cm³/mol. The third-order valence-corrected chi connectivity index (χ3v) is 4.00. The van der Waals surface area contributed by atoms with Gasteiger partial charge >= 0.3 is 11.9 Å². The minimum Gasteiger partial charge on any atom is -0.456 e. The van der Waals surface area contributed by atoms with Gasteiger partial charge in [-0.25, -0.2) is 4.79 Å². The molecule has 5 heteroatoms. The lowest BCUT2D eigenvalue weighted by Crippen LogP contribution is -2.32. The monoisotopic (exact) mass is 261 g/mol. The minimum absolute atomic E-state index is 0.341. The molecule has 1 atom stereocenters. The van der Waals surface area contributed by atoms with Crippen LogP contribution in [-0.4, -0.2) is 31.1 Å². The summed E-state index contributed by atoms with van der Waals surface area (Å²) in [5, 5.41) is 3.16. The first-order valence-corrected chi connectivity index (χ1v) is 6.77. The summed E-state index contributed by atoms with van der Waals surface area (Å²) in [5.41, 5.74) is 0. The first-order valence-electron chi connectivity index (χ1n) is 6.77. The minimum atomic E-state index is -3.29. The SMILES string of the molecule is CC1CCC(CNCC2CC(F)(F)C(=O)O2)CC1. The summed E-state index contributed by atoms with van der Waals surface area (Å²) in [5.74, 6) is -3.21. The number of alkyl halides is 2. The van der Waals surface area contributed by atoms with Crippen molar-refractivity contribution in [3.8, 4) is 0 Å². The second-order valence-corrected chi connectivity index (χ2v) is 5.72. The summed E-state index contributed by atoms with van der Waals surface area (Å²) in [6.45, 7) is 3.45. The van der Waals surface area contributed by atoms with Gasteiger partial charge in [0.15, 0.2) is 0 Å². The molecule has 0 amide bonds. The van der Waals surface area contributed by atoms with Gasteiger partial charge in [0.1, 0.15) is 6.10 Å². The van der Waals surface area contributed by atoms with E-state index in [0.29, 0.717) is 12.5 Å². The number of cyclic esters (lactones) is 1. The van der Waals surface area contributed by atoms with Crippen molar-refractivity contribution >= 4 is 5.97 Å². The van der Waals surface area contributed by atoms with Gasteiger partial charge in [-0.2, -0.15) is 8.78 Å². The number of carbonyl (C=O) groups is 1. The van der Waals surface area contributed by atoms with Crippen molar-refractivity contribution in [2.24, 2.45) is 11.8 Å². The molecule has 1 saturated heterocycles. The maximum absolute atomic E-state index is 12.9. The van der Waals surface area contributed by atoms with Gasteiger partial charge in [0.2, 0.25) is 0 Å². The number of ether oxygens (including phenoxy) is 1. The van der Waals surface area contributed by atoms with Crippen LogP contribution in [0.4, 0.5) is 8.78 Å². The zero-order valence-electron chi connectivity index (χ0n) is 10.8. The van der Waals surface area contributed by atoms with Crippen LogP contribution >= 0.6 is 0 Å². The van der Waals surface area contributed by atoms with Gasteiger partial charge in [0.25, 0.3) is 0 Å². The number of hydrogen-bond acceptors (Lipinski definition) is 3. The molecule has 0 bridgehead atoms. The molecule has 1 saturated carbocycles. The quantitative estimate of drug-likeness (QED) is 0.789. The largest absolute Gasteiger partial charge is 0.456 e. The van der Waals surface area contributed by atoms with E-state index in [-0.39, 0.29) is 0 Å². The Balaban J connectivity index is 1.63. The van der Waals surface area contributed by atoms with Crippen LogP contribution in [0.15, 0.2) is 0 Å². The van der Waals surface area contributed by atoms with Crippen molar-refractivity contribution in [3.63, 3.8) is 0 Å². The molecule has 1 aliphatic heterocycles. The van der Waals surface area contributed by atoms with Crippen molar-refractivity contribution in [1.82, 2.24) is 5.32 Å². The lowest BCUT2D eigenvalue weighted by molar-refractivity contribution is -0.159. The van der Waals surface area contributed by atoms with Crippen molar-refractivity contribution < 1.29 is 18.3 Å². The Labute approximate surface area is 106 Å². The first-order chi connectivity index (χ1) is 8.47. The zero-order chi connectivity index (χ0) is 13.2. The van der Waals surface area contributed by atoms with Crippen molar-refractivity contribution in [1.29, 1.82) is 0 Å². The lowest BCUT2D eigenvalue weighted by atomic mass is 9.83. The summed E-state index contributed by atoms with van der Waals surface area (Å²) in [6, 6.07) is 0. The van der Waals surface area contributed by atoms with E-state index >= 15 is 0 Å². The van der Waals surface area contributed by atoms with Gasteiger partial charge in [-0.05, 0) is 31.2 Å². The summed E-state index contributed by atoms with van der Waals surface area (Å²) in [7, 11) is 0. The van der Waals surface area contributed by atoms with E-state index in [2.05, 4.69) is 17.0 Å².